The average Bonchev–Trinajstić information content (AvgIpc) is 2.49. The SMILES string of the molecule is COC(=O)CCc1c(O)cccc1OCCCCCCO. The van der Waals surface area contributed by atoms with Gasteiger partial charge in [-0.25, -0.2) is 0 Å². The summed E-state index contributed by atoms with van der Waals surface area (Å²) in [5.41, 5.74) is 0.637. The molecule has 118 valence electrons. The number of benzene rings is 1. The number of carbonyl (C=O) groups excluding carboxylic acids is 1. The number of phenols is 1. The number of hydrogen-bond donors (Lipinski definition) is 2. The molecule has 0 amide bonds. The summed E-state index contributed by atoms with van der Waals surface area (Å²) in [5, 5.41) is 18.6. The fourth-order valence-electron chi connectivity index (χ4n) is 2.02. The number of rotatable bonds is 10. The highest BCUT2D eigenvalue weighted by atomic mass is 16.5. The number of carbonyl (C=O) groups is 1. The number of phenolic OH excluding ortho intramolecular Hbond substituents is 1. The number of ether oxygens (including phenoxy) is 2. The lowest BCUT2D eigenvalue weighted by atomic mass is 10.1. The van der Waals surface area contributed by atoms with Crippen LogP contribution in [-0.4, -0.2) is 36.5 Å². The van der Waals surface area contributed by atoms with E-state index in [4.69, 9.17) is 9.84 Å². The molecular weight excluding hydrogens is 272 g/mol. The molecule has 0 radical (unpaired) electrons. The van der Waals surface area contributed by atoms with Gasteiger partial charge in [-0.2, -0.15) is 0 Å². The van der Waals surface area contributed by atoms with Crippen molar-refractivity contribution < 1.29 is 24.5 Å². The predicted molar refractivity (Wildman–Crippen MR) is 79.5 cm³/mol. The maximum absolute atomic E-state index is 11.2. The topological polar surface area (TPSA) is 76.0 Å². The molecule has 0 aliphatic carbocycles. The third-order valence-corrected chi connectivity index (χ3v) is 3.23. The van der Waals surface area contributed by atoms with Gasteiger partial charge in [-0.3, -0.25) is 4.79 Å². The molecule has 0 spiro atoms. The Kier molecular flexibility index (Phi) is 8.28. The van der Waals surface area contributed by atoms with Crippen molar-refractivity contribution >= 4 is 5.97 Å². The summed E-state index contributed by atoms with van der Waals surface area (Å²) < 4.78 is 10.3. The molecule has 1 aromatic rings. The maximum atomic E-state index is 11.2. The molecule has 0 aliphatic heterocycles. The van der Waals surface area contributed by atoms with Gasteiger partial charge in [-0.15, -0.1) is 0 Å². The number of aliphatic hydroxyl groups excluding tert-OH is 1. The van der Waals surface area contributed by atoms with Crippen molar-refractivity contribution in [1.82, 2.24) is 0 Å². The minimum Gasteiger partial charge on any atom is -0.508 e. The summed E-state index contributed by atoms with van der Waals surface area (Å²) in [6.07, 6.45) is 4.29. The largest absolute Gasteiger partial charge is 0.508 e. The molecule has 5 heteroatoms. The summed E-state index contributed by atoms with van der Waals surface area (Å²) >= 11 is 0. The zero-order chi connectivity index (χ0) is 15.5. The zero-order valence-corrected chi connectivity index (χ0v) is 12.5. The molecule has 5 nitrogen and oxygen atoms in total. The van der Waals surface area contributed by atoms with E-state index in [1.807, 2.05) is 0 Å². The lowest BCUT2D eigenvalue weighted by molar-refractivity contribution is -0.140. The fraction of sp³-hybridized carbons (Fsp3) is 0.562. The van der Waals surface area contributed by atoms with Gasteiger partial charge in [0.2, 0.25) is 0 Å². The highest BCUT2D eigenvalue weighted by molar-refractivity contribution is 5.69. The number of unbranched alkanes of at least 4 members (excludes halogenated alkanes) is 3. The lowest BCUT2D eigenvalue weighted by Crippen LogP contribution is -2.05. The number of hydrogen-bond acceptors (Lipinski definition) is 5. The molecule has 0 bridgehead atoms. The Labute approximate surface area is 125 Å². The van der Waals surface area contributed by atoms with E-state index >= 15 is 0 Å². The Balaban J connectivity index is 2.48. The summed E-state index contributed by atoms with van der Waals surface area (Å²) in [6, 6.07) is 5.10. The fourth-order valence-corrected chi connectivity index (χ4v) is 2.02. The first-order valence-corrected chi connectivity index (χ1v) is 7.30. The average molecular weight is 296 g/mol. The molecule has 0 aromatic heterocycles. The van der Waals surface area contributed by atoms with Gasteiger partial charge >= 0.3 is 5.97 Å². The second-order valence-electron chi connectivity index (χ2n) is 4.82. The first-order valence-electron chi connectivity index (χ1n) is 7.30. The third kappa shape index (κ3) is 6.49. The standard InChI is InChI=1S/C16H24O5/c1-20-16(19)10-9-13-14(18)7-6-8-15(13)21-12-5-3-2-4-11-17/h6-8,17-18H,2-5,9-12H2,1H3. The smallest absolute Gasteiger partial charge is 0.305 e. The second-order valence-corrected chi connectivity index (χ2v) is 4.82. The summed E-state index contributed by atoms with van der Waals surface area (Å²) in [4.78, 5) is 11.2. The van der Waals surface area contributed by atoms with Crippen LogP contribution < -0.4 is 4.74 Å². The van der Waals surface area contributed by atoms with E-state index in [9.17, 15) is 9.90 Å². The zero-order valence-electron chi connectivity index (χ0n) is 12.5. The van der Waals surface area contributed by atoms with Crippen LogP contribution in [0.4, 0.5) is 0 Å². The molecule has 0 heterocycles. The molecule has 0 saturated heterocycles. The molecule has 1 rings (SSSR count). The first-order chi connectivity index (χ1) is 10.2. The minimum absolute atomic E-state index is 0.136. The first kappa shape index (κ1) is 17.3. The van der Waals surface area contributed by atoms with Crippen LogP contribution in [0.25, 0.3) is 0 Å². The van der Waals surface area contributed by atoms with Crippen LogP contribution >= 0.6 is 0 Å². The van der Waals surface area contributed by atoms with E-state index in [0.717, 1.165) is 25.7 Å². The van der Waals surface area contributed by atoms with Crippen LogP contribution in [0.3, 0.4) is 0 Å². The van der Waals surface area contributed by atoms with Crippen molar-refractivity contribution in [1.29, 1.82) is 0 Å². The molecule has 1 aromatic carbocycles. The molecule has 0 unspecified atom stereocenters. The summed E-state index contributed by atoms with van der Waals surface area (Å²) in [7, 11) is 1.34. The number of aromatic hydroxyl groups is 1. The Morgan fingerprint density at radius 1 is 1.19 bits per heavy atom. The maximum Gasteiger partial charge on any atom is 0.305 e. The van der Waals surface area contributed by atoms with Gasteiger partial charge in [0.15, 0.2) is 0 Å². The van der Waals surface area contributed by atoms with Gasteiger partial charge < -0.3 is 19.7 Å². The van der Waals surface area contributed by atoms with E-state index in [1.165, 1.54) is 7.11 Å². The van der Waals surface area contributed by atoms with Gasteiger partial charge in [0.05, 0.1) is 13.7 Å². The van der Waals surface area contributed by atoms with E-state index < -0.39 is 0 Å². The molecule has 0 aliphatic rings. The Hall–Kier alpha value is -1.75. The van der Waals surface area contributed by atoms with Crippen LogP contribution in [0.15, 0.2) is 18.2 Å². The van der Waals surface area contributed by atoms with E-state index in [0.29, 0.717) is 24.3 Å². The third-order valence-electron chi connectivity index (χ3n) is 3.23. The van der Waals surface area contributed by atoms with Crippen molar-refractivity contribution in [3.63, 3.8) is 0 Å². The molecule has 21 heavy (non-hydrogen) atoms. The van der Waals surface area contributed by atoms with Gasteiger partial charge in [-0.05, 0) is 37.8 Å². The highest BCUT2D eigenvalue weighted by Crippen LogP contribution is 2.29. The van der Waals surface area contributed by atoms with Crippen molar-refractivity contribution in [2.24, 2.45) is 0 Å². The Bertz CT molecular complexity index is 431. The van der Waals surface area contributed by atoms with Gasteiger partial charge in [0.1, 0.15) is 11.5 Å². The predicted octanol–water partition coefficient (Wildman–Crippen LogP) is 2.43. The molecular formula is C16H24O5. The van der Waals surface area contributed by atoms with E-state index in [1.54, 1.807) is 18.2 Å². The van der Waals surface area contributed by atoms with Crippen molar-refractivity contribution in [3.8, 4) is 11.5 Å². The molecule has 0 atom stereocenters. The monoisotopic (exact) mass is 296 g/mol. The van der Waals surface area contributed by atoms with Crippen LogP contribution in [0.5, 0.6) is 11.5 Å². The summed E-state index contributed by atoms with van der Waals surface area (Å²) in [6.45, 7) is 0.783. The summed E-state index contributed by atoms with van der Waals surface area (Å²) in [5.74, 6) is 0.436. The van der Waals surface area contributed by atoms with Gasteiger partial charge in [0, 0.05) is 18.6 Å². The van der Waals surface area contributed by atoms with Crippen LogP contribution in [-0.2, 0) is 16.0 Å². The van der Waals surface area contributed by atoms with Crippen LogP contribution in [0, 0.1) is 0 Å². The van der Waals surface area contributed by atoms with Crippen molar-refractivity contribution in [2.45, 2.75) is 38.5 Å². The Morgan fingerprint density at radius 2 is 1.95 bits per heavy atom. The number of methoxy groups -OCH3 is 1. The second kappa shape index (κ2) is 10.0. The van der Waals surface area contributed by atoms with Gasteiger partial charge in [0.25, 0.3) is 0 Å². The minimum atomic E-state index is -0.312. The molecule has 2 N–H and O–H groups in total. The number of esters is 1. The van der Waals surface area contributed by atoms with E-state index in [2.05, 4.69) is 4.74 Å². The van der Waals surface area contributed by atoms with Crippen molar-refractivity contribution in [3.05, 3.63) is 23.8 Å². The van der Waals surface area contributed by atoms with Crippen LogP contribution in [0.1, 0.15) is 37.7 Å². The highest BCUT2D eigenvalue weighted by Gasteiger charge is 2.11. The van der Waals surface area contributed by atoms with E-state index in [-0.39, 0.29) is 24.7 Å². The van der Waals surface area contributed by atoms with Crippen LogP contribution in [0.2, 0.25) is 0 Å². The molecule has 0 saturated carbocycles. The normalized spacial score (nSPS) is 10.4. The van der Waals surface area contributed by atoms with Gasteiger partial charge in [-0.1, -0.05) is 12.5 Å². The number of aliphatic hydroxyl groups is 1. The van der Waals surface area contributed by atoms with Crippen molar-refractivity contribution in [2.75, 3.05) is 20.3 Å². The molecule has 0 fully saturated rings. The lowest BCUT2D eigenvalue weighted by Gasteiger charge is -2.12. The quantitative estimate of drug-likeness (QED) is 0.512. The Morgan fingerprint density at radius 3 is 2.67 bits per heavy atom.